The van der Waals surface area contributed by atoms with Crippen LogP contribution in [0, 0.1) is 38.6 Å². The molecule has 0 aliphatic carbocycles. The SMILES string of the molecule is N#CC(C#N)=NNc1cccc(F)c1[N+](=O)[O-]. The molecule has 0 aliphatic heterocycles. The molecule has 0 unspecified atom stereocenters. The highest BCUT2D eigenvalue weighted by atomic mass is 19.1. The number of nitrogens with one attached hydrogen (secondary N) is 1. The number of nitriles is 2. The molecule has 0 heterocycles. The van der Waals surface area contributed by atoms with Crippen LogP contribution in [0.3, 0.4) is 0 Å². The molecule has 0 amide bonds. The summed E-state index contributed by atoms with van der Waals surface area (Å²) < 4.78 is 13.1. The minimum absolute atomic E-state index is 0.238. The van der Waals surface area contributed by atoms with Gasteiger partial charge in [-0.25, -0.2) is 0 Å². The van der Waals surface area contributed by atoms with E-state index in [4.69, 9.17) is 10.5 Å². The number of anilines is 1. The lowest BCUT2D eigenvalue weighted by atomic mass is 10.2. The Morgan fingerprint density at radius 3 is 2.65 bits per heavy atom. The van der Waals surface area contributed by atoms with Crippen LogP contribution in [-0.2, 0) is 0 Å². The zero-order valence-electron chi connectivity index (χ0n) is 8.22. The van der Waals surface area contributed by atoms with Crippen molar-refractivity contribution in [1.82, 2.24) is 0 Å². The molecule has 8 heteroatoms. The van der Waals surface area contributed by atoms with Gasteiger partial charge in [0.15, 0.2) is 0 Å². The first-order chi connectivity index (χ1) is 8.10. The molecule has 0 radical (unpaired) electrons. The Labute approximate surface area is 94.5 Å². The molecule has 1 aromatic rings. The van der Waals surface area contributed by atoms with Crippen LogP contribution in [0.25, 0.3) is 0 Å². The molecule has 1 aromatic carbocycles. The fourth-order valence-corrected chi connectivity index (χ4v) is 0.982. The van der Waals surface area contributed by atoms with Crippen molar-refractivity contribution < 1.29 is 9.31 Å². The fourth-order valence-electron chi connectivity index (χ4n) is 0.982. The third-order valence-corrected chi connectivity index (χ3v) is 1.67. The van der Waals surface area contributed by atoms with Crippen LogP contribution in [0.4, 0.5) is 15.8 Å². The van der Waals surface area contributed by atoms with Crippen molar-refractivity contribution in [2.45, 2.75) is 0 Å². The van der Waals surface area contributed by atoms with Gasteiger partial charge >= 0.3 is 5.69 Å². The summed E-state index contributed by atoms with van der Waals surface area (Å²) in [6.45, 7) is 0. The number of rotatable bonds is 3. The minimum Gasteiger partial charge on any atom is -0.270 e. The average molecular weight is 233 g/mol. The standard InChI is InChI=1S/C9H4FN5O2/c10-7-2-1-3-8(9(7)15(16)17)14-13-6(4-11)5-12/h1-3,14H. The summed E-state index contributed by atoms with van der Waals surface area (Å²) >= 11 is 0. The maximum absolute atomic E-state index is 13.1. The summed E-state index contributed by atoms with van der Waals surface area (Å²) in [7, 11) is 0. The van der Waals surface area contributed by atoms with E-state index < -0.39 is 22.1 Å². The molecule has 7 nitrogen and oxygen atoms in total. The van der Waals surface area contributed by atoms with Gasteiger partial charge in [0.2, 0.25) is 11.5 Å². The lowest BCUT2D eigenvalue weighted by Crippen LogP contribution is -2.01. The van der Waals surface area contributed by atoms with Gasteiger partial charge < -0.3 is 0 Å². The predicted octanol–water partition coefficient (Wildman–Crippen LogP) is 1.55. The molecule has 0 bridgehead atoms. The Kier molecular flexibility index (Phi) is 3.68. The zero-order valence-corrected chi connectivity index (χ0v) is 8.22. The molecule has 1 rings (SSSR count). The first-order valence-electron chi connectivity index (χ1n) is 4.17. The molecule has 17 heavy (non-hydrogen) atoms. The van der Waals surface area contributed by atoms with E-state index in [1.807, 2.05) is 0 Å². The van der Waals surface area contributed by atoms with Gasteiger partial charge in [-0.1, -0.05) is 6.07 Å². The van der Waals surface area contributed by atoms with Crippen molar-refractivity contribution >= 4 is 17.1 Å². The first kappa shape index (κ1) is 12.1. The molecule has 0 saturated heterocycles. The lowest BCUT2D eigenvalue weighted by molar-refractivity contribution is -0.386. The lowest BCUT2D eigenvalue weighted by Gasteiger charge is -2.01. The summed E-state index contributed by atoms with van der Waals surface area (Å²) in [5.74, 6) is -1.04. The quantitative estimate of drug-likeness (QED) is 0.483. The number of hydrogen-bond acceptors (Lipinski definition) is 6. The molecular formula is C9H4FN5O2. The molecular weight excluding hydrogens is 229 g/mol. The molecule has 0 aromatic heterocycles. The summed E-state index contributed by atoms with van der Waals surface area (Å²) in [5.41, 5.74) is 0.537. The third-order valence-electron chi connectivity index (χ3n) is 1.67. The Morgan fingerprint density at radius 2 is 2.12 bits per heavy atom. The van der Waals surface area contributed by atoms with Gasteiger partial charge in [-0.2, -0.15) is 20.0 Å². The summed E-state index contributed by atoms with van der Waals surface area (Å²) in [6, 6.07) is 6.26. The van der Waals surface area contributed by atoms with E-state index >= 15 is 0 Å². The molecule has 0 spiro atoms. The van der Waals surface area contributed by atoms with Crippen molar-refractivity contribution in [1.29, 1.82) is 10.5 Å². The second-order valence-corrected chi connectivity index (χ2v) is 2.69. The highest BCUT2D eigenvalue weighted by Crippen LogP contribution is 2.26. The van der Waals surface area contributed by atoms with Crippen molar-refractivity contribution in [2.75, 3.05) is 5.43 Å². The highest BCUT2D eigenvalue weighted by molar-refractivity contribution is 6.10. The smallest absolute Gasteiger partial charge is 0.270 e. The van der Waals surface area contributed by atoms with Gasteiger partial charge in [-0.3, -0.25) is 15.5 Å². The van der Waals surface area contributed by atoms with Crippen LogP contribution in [0.2, 0.25) is 0 Å². The number of nitro groups is 1. The van der Waals surface area contributed by atoms with Crippen LogP contribution in [0.1, 0.15) is 0 Å². The van der Waals surface area contributed by atoms with E-state index in [2.05, 4.69) is 10.5 Å². The van der Waals surface area contributed by atoms with Crippen molar-refractivity contribution in [3.63, 3.8) is 0 Å². The maximum atomic E-state index is 13.1. The molecule has 84 valence electrons. The number of hydrogen-bond donors (Lipinski definition) is 1. The second kappa shape index (κ2) is 5.19. The van der Waals surface area contributed by atoms with Gasteiger partial charge in [-0.15, -0.1) is 0 Å². The Morgan fingerprint density at radius 1 is 1.47 bits per heavy atom. The van der Waals surface area contributed by atoms with E-state index in [1.54, 1.807) is 0 Å². The fraction of sp³-hybridized carbons (Fsp3) is 0. The average Bonchev–Trinajstić information content (AvgIpc) is 2.29. The predicted molar refractivity (Wildman–Crippen MR) is 55.3 cm³/mol. The third kappa shape index (κ3) is 2.73. The normalized spacial score (nSPS) is 8.65. The number of nitro benzene ring substituents is 1. The van der Waals surface area contributed by atoms with Crippen LogP contribution in [-0.4, -0.2) is 10.6 Å². The zero-order chi connectivity index (χ0) is 12.8. The molecule has 0 saturated carbocycles. The Balaban J connectivity index is 3.14. The van der Waals surface area contributed by atoms with Gasteiger partial charge in [0.25, 0.3) is 0 Å². The molecule has 0 fully saturated rings. The Hall–Kier alpha value is -3.00. The number of halogens is 1. The first-order valence-corrected chi connectivity index (χ1v) is 4.17. The molecule has 0 aliphatic rings. The van der Waals surface area contributed by atoms with Gasteiger partial charge in [0.05, 0.1) is 4.92 Å². The van der Waals surface area contributed by atoms with Crippen molar-refractivity contribution in [2.24, 2.45) is 5.10 Å². The highest BCUT2D eigenvalue weighted by Gasteiger charge is 2.19. The Bertz CT molecular complexity index is 554. The van der Waals surface area contributed by atoms with Crippen molar-refractivity contribution in [3.8, 4) is 12.1 Å². The second-order valence-electron chi connectivity index (χ2n) is 2.69. The minimum atomic E-state index is -1.04. The van der Waals surface area contributed by atoms with Crippen LogP contribution in [0.5, 0.6) is 0 Å². The summed E-state index contributed by atoms with van der Waals surface area (Å²) in [4.78, 5) is 9.65. The summed E-state index contributed by atoms with van der Waals surface area (Å²) in [5, 5.41) is 30.6. The summed E-state index contributed by atoms with van der Waals surface area (Å²) in [6.07, 6.45) is 0. The van der Waals surface area contributed by atoms with E-state index in [1.165, 1.54) is 24.3 Å². The number of hydrazone groups is 1. The number of benzene rings is 1. The van der Waals surface area contributed by atoms with Gasteiger partial charge in [-0.05, 0) is 12.1 Å². The van der Waals surface area contributed by atoms with E-state index in [0.717, 1.165) is 6.07 Å². The monoisotopic (exact) mass is 233 g/mol. The van der Waals surface area contributed by atoms with Crippen molar-refractivity contribution in [3.05, 3.63) is 34.1 Å². The van der Waals surface area contributed by atoms with Gasteiger partial charge in [0.1, 0.15) is 17.8 Å². The van der Waals surface area contributed by atoms with E-state index in [-0.39, 0.29) is 5.69 Å². The largest absolute Gasteiger partial charge is 0.329 e. The van der Waals surface area contributed by atoms with Gasteiger partial charge in [0, 0.05) is 0 Å². The topological polar surface area (TPSA) is 115 Å². The number of para-hydroxylation sites is 1. The molecule has 0 atom stereocenters. The van der Waals surface area contributed by atoms with Crippen LogP contribution < -0.4 is 5.43 Å². The molecule has 1 N–H and O–H groups in total. The maximum Gasteiger partial charge on any atom is 0.329 e. The van der Waals surface area contributed by atoms with E-state index in [0.29, 0.717) is 0 Å². The number of nitrogens with zero attached hydrogens (tertiary/aromatic N) is 4. The van der Waals surface area contributed by atoms with E-state index in [9.17, 15) is 14.5 Å². The van der Waals surface area contributed by atoms with Crippen LogP contribution >= 0.6 is 0 Å². The van der Waals surface area contributed by atoms with Crippen LogP contribution in [0.15, 0.2) is 23.3 Å².